The molecule has 0 radical (unpaired) electrons. The van der Waals surface area contributed by atoms with Crippen molar-refractivity contribution in [1.29, 1.82) is 5.41 Å². The highest BCUT2D eigenvalue weighted by Gasteiger charge is 2.21. The van der Waals surface area contributed by atoms with E-state index in [-0.39, 0.29) is 5.96 Å². The number of nitrogens with two attached hydrogens (primary N) is 1. The highest BCUT2D eigenvalue weighted by Crippen LogP contribution is 2.35. The van der Waals surface area contributed by atoms with Crippen LogP contribution in [0.2, 0.25) is 0 Å². The van der Waals surface area contributed by atoms with Crippen molar-refractivity contribution < 1.29 is 0 Å². The monoisotopic (exact) mass is 237 g/mol. The van der Waals surface area contributed by atoms with Crippen LogP contribution in [0, 0.1) is 5.41 Å². The number of fused-ring (bicyclic) bond motifs is 2. The summed E-state index contributed by atoms with van der Waals surface area (Å²) in [5, 5.41) is 7.85. The molecule has 0 amide bonds. The van der Waals surface area contributed by atoms with E-state index in [4.69, 9.17) is 11.1 Å². The van der Waals surface area contributed by atoms with Gasteiger partial charge >= 0.3 is 0 Å². The third-order valence-corrected chi connectivity index (χ3v) is 3.37. The van der Waals surface area contributed by atoms with Crippen LogP contribution < -0.4 is 10.6 Å². The second-order valence-corrected chi connectivity index (χ2v) is 4.48. The molecular formula is C15H15N3. The van der Waals surface area contributed by atoms with Crippen LogP contribution in [-0.4, -0.2) is 5.96 Å². The second kappa shape index (κ2) is 4.18. The number of para-hydroxylation sites is 2. The molecule has 2 aromatic rings. The Kier molecular flexibility index (Phi) is 2.52. The van der Waals surface area contributed by atoms with Gasteiger partial charge in [-0.25, -0.2) is 0 Å². The van der Waals surface area contributed by atoms with Crippen LogP contribution in [0.15, 0.2) is 48.5 Å². The van der Waals surface area contributed by atoms with Crippen molar-refractivity contribution in [2.24, 2.45) is 5.73 Å². The predicted octanol–water partition coefficient (Wildman–Crippen LogP) is 2.82. The lowest BCUT2D eigenvalue weighted by atomic mass is 10.0. The molecule has 0 saturated heterocycles. The van der Waals surface area contributed by atoms with Gasteiger partial charge in [0.1, 0.15) is 0 Å². The molecule has 1 aliphatic heterocycles. The molecule has 0 bridgehead atoms. The molecule has 0 aliphatic carbocycles. The second-order valence-electron chi connectivity index (χ2n) is 4.48. The maximum absolute atomic E-state index is 7.85. The van der Waals surface area contributed by atoms with Crippen LogP contribution in [0.4, 0.5) is 11.4 Å². The van der Waals surface area contributed by atoms with Gasteiger partial charge in [-0.15, -0.1) is 0 Å². The summed E-state index contributed by atoms with van der Waals surface area (Å²) >= 11 is 0. The van der Waals surface area contributed by atoms with Crippen molar-refractivity contribution in [2.75, 3.05) is 4.90 Å². The predicted molar refractivity (Wildman–Crippen MR) is 74.3 cm³/mol. The lowest BCUT2D eigenvalue weighted by Gasteiger charge is -2.24. The fourth-order valence-electron chi connectivity index (χ4n) is 2.54. The van der Waals surface area contributed by atoms with E-state index < -0.39 is 0 Å². The van der Waals surface area contributed by atoms with Crippen molar-refractivity contribution in [3.05, 3.63) is 59.7 Å². The molecule has 2 aromatic carbocycles. The Bertz CT molecular complexity index is 557. The van der Waals surface area contributed by atoms with E-state index >= 15 is 0 Å². The van der Waals surface area contributed by atoms with Gasteiger partial charge in [0.05, 0.1) is 11.4 Å². The van der Waals surface area contributed by atoms with Gasteiger partial charge in [0, 0.05) is 0 Å². The first kappa shape index (κ1) is 10.8. The summed E-state index contributed by atoms with van der Waals surface area (Å²) in [5.74, 6) is 0.0665. The number of nitrogens with zero attached hydrogens (tertiary/aromatic N) is 1. The fraction of sp³-hybridized carbons (Fsp3) is 0.133. The van der Waals surface area contributed by atoms with E-state index in [1.54, 1.807) is 0 Å². The summed E-state index contributed by atoms with van der Waals surface area (Å²) in [6, 6.07) is 16.3. The zero-order valence-corrected chi connectivity index (χ0v) is 10.1. The Labute approximate surface area is 106 Å². The number of hydrogen-bond acceptors (Lipinski definition) is 1. The smallest absolute Gasteiger partial charge is 0.197 e. The topological polar surface area (TPSA) is 53.1 Å². The highest BCUT2D eigenvalue weighted by atomic mass is 15.2. The van der Waals surface area contributed by atoms with Crippen molar-refractivity contribution >= 4 is 17.3 Å². The molecule has 0 fully saturated rings. The molecule has 1 aliphatic rings. The fourth-order valence-corrected chi connectivity index (χ4v) is 2.54. The van der Waals surface area contributed by atoms with Gasteiger partial charge in [-0.1, -0.05) is 36.4 Å². The number of rotatable bonds is 0. The van der Waals surface area contributed by atoms with Crippen LogP contribution in [0.5, 0.6) is 0 Å². The first-order valence-corrected chi connectivity index (χ1v) is 6.07. The molecule has 1 heterocycles. The van der Waals surface area contributed by atoms with E-state index in [2.05, 4.69) is 12.1 Å². The summed E-state index contributed by atoms with van der Waals surface area (Å²) in [7, 11) is 0. The Morgan fingerprint density at radius 2 is 1.33 bits per heavy atom. The third-order valence-electron chi connectivity index (χ3n) is 3.37. The van der Waals surface area contributed by atoms with Crippen molar-refractivity contribution in [1.82, 2.24) is 0 Å². The van der Waals surface area contributed by atoms with Crippen molar-refractivity contribution in [3.8, 4) is 0 Å². The average molecular weight is 237 g/mol. The van der Waals surface area contributed by atoms with E-state index in [0.29, 0.717) is 0 Å². The summed E-state index contributed by atoms with van der Waals surface area (Å²) in [6.45, 7) is 0. The Hall–Kier alpha value is -2.29. The minimum absolute atomic E-state index is 0.0665. The van der Waals surface area contributed by atoms with Gasteiger partial charge in [-0.05, 0) is 36.1 Å². The quantitative estimate of drug-likeness (QED) is 0.547. The molecule has 18 heavy (non-hydrogen) atoms. The van der Waals surface area contributed by atoms with E-state index in [1.165, 1.54) is 11.1 Å². The molecule has 3 nitrogen and oxygen atoms in total. The molecule has 0 atom stereocenters. The van der Waals surface area contributed by atoms with E-state index in [9.17, 15) is 0 Å². The van der Waals surface area contributed by atoms with Crippen LogP contribution >= 0.6 is 0 Å². The lowest BCUT2D eigenvalue weighted by Crippen LogP contribution is -2.32. The summed E-state index contributed by atoms with van der Waals surface area (Å²) in [6.07, 6.45) is 1.97. The van der Waals surface area contributed by atoms with Crippen molar-refractivity contribution in [2.45, 2.75) is 12.8 Å². The number of anilines is 2. The van der Waals surface area contributed by atoms with E-state index in [1.807, 2.05) is 41.3 Å². The van der Waals surface area contributed by atoms with Gasteiger partial charge in [0.2, 0.25) is 0 Å². The molecule has 3 rings (SSSR count). The van der Waals surface area contributed by atoms with Crippen molar-refractivity contribution in [3.63, 3.8) is 0 Å². The minimum Gasteiger partial charge on any atom is -0.369 e. The van der Waals surface area contributed by atoms with Gasteiger partial charge in [-0.3, -0.25) is 10.3 Å². The molecule has 3 N–H and O–H groups in total. The summed E-state index contributed by atoms with van der Waals surface area (Å²) in [5.41, 5.74) is 10.3. The molecule has 3 heteroatoms. The Morgan fingerprint density at radius 3 is 1.78 bits per heavy atom. The first-order chi connectivity index (χ1) is 8.77. The molecule has 0 aromatic heterocycles. The maximum atomic E-state index is 7.85. The zero-order valence-electron chi connectivity index (χ0n) is 10.1. The third kappa shape index (κ3) is 1.64. The Morgan fingerprint density at radius 1 is 0.889 bits per heavy atom. The SMILES string of the molecule is N=C(N)N1c2ccccc2CCc2ccccc21. The van der Waals surface area contributed by atoms with Crippen LogP contribution in [0.1, 0.15) is 11.1 Å². The Balaban J connectivity index is 2.24. The summed E-state index contributed by atoms with van der Waals surface area (Å²) in [4.78, 5) is 1.83. The standard InChI is InChI=1S/C15H15N3/c16-15(17)18-13-7-3-1-5-11(13)9-10-12-6-2-4-8-14(12)18/h1-8H,9-10H2,(H3,16,17). The van der Waals surface area contributed by atoms with Crippen LogP contribution in [0.3, 0.4) is 0 Å². The average Bonchev–Trinajstić information content (AvgIpc) is 2.55. The molecule has 0 unspecified atom stereocenters. The van der Waals surface area contributed by atoms with Gasteiger partial charge in [-0.2, -0.15) is 0 Å². The van der Waals surface area contributed by atoms with Gasteiger partial charge in [0.25, 0.3) is 0 Å². The normalized spacial score (nSPS) is 13.4. The molecular weight excluding hydrogens is 222 g/mol. The van der Waals surface area contributed by atoms with Crippen LogP contribution in [0.25, 0.3) is 0 Å². The number of benzene rings is 2. The number of aryl methyl sites for hydroxylation is 2. The number of nitrogens with one attached hydrogen (secondary N) is 1. The largest absolute Gasteiger partial charge is 0.369 e. The maximum Gasteiger partial charge on any atom is 0.197 e. The molecule has 0 spiro atoms. The molecule has 0 saturated carbocycles. The summed E-state index contributed by atoms with van der Waals surface area (Å²) < 4.78 is 0. The number of hydrogen-bond donors (Lipinski definition) is 2. The van der Waals surface area contributed by atoms with Gasteiger partial charge < -0.3 is 5.73 Å². The highest BCUT2D eigenvalue weighted by molar-refractivity contribution is 6.01. The zero-order chi connectivity index (χ0) is 12.5. The lowest BCUT2D eigenvalue weighted by molar-refractivity contribution is 0.977. The number of guanidine groups is 1. The van der Waals surface area contributed by atoms with E-state index in [0.717, 1.165) is 24.2 Å². The minimum atomic E-state index is 0.0665. The molecule has 90 valence electrons. The van der Waals surface area contributed by atoms with Gasteiger partial charge in [0.15, 0.2) is 5.96 Å². The first-order valence-electron chi connectivity index (χ1n) is 6.07. The van der Waals surface area contributed by atoms with Crippen LogP contribution in [-0.2, 0) is 12.8 Å².